The number of ketones is 1. The van der Waals surface area contributed by atoms with Crippen LogP contribution in [0.25, 0.3) is 5.76 Å². The Morgan fingerprint density at radius 1 is 1.03 bits per heavy atom. The van der Waals surface area contributed by atoms with E-state index in [1.54, 1.807) is 80.2 Å². The van der Waals surface area contributed by atoms with Crippen LogP contribution in [-0.4, -0.2) is 40.4 Å². The fourth-order valence-corrected chi connectivity index (χ4v) is 4.08. The molecule has 1 atom stereocenters. The van der Waals surface area contributed by atoms with E-state index in [0.717, 1.165) is 18.4 Å². The Morgan fingerprint density at radius 3 is 2.46 bits per heavy atom. The highest BCUT2D eigenvalue weighted by molar-refractivity contribution is 6.46. The Kier molecular flexibility index (Phi) is 7.45. The van der Waals surface area contributed by atoms with E-state index in [9.17, 15) is 14.7 Å². The summed E-state index contributed by atoms with van der Waals surface area (Å²) < 4.78 is 11.0. The van der Waals surface area contributed by atoms with E-state index < -0.39 is 17.7 Å². The van der Waals surface area contributed by atoms with Gasteiger partial charge in [-0.3, -0.25) is 14.6 Å². The zero-order chi connectivity index (χ0) is 24.8. The van der Waals surface area contributed by atoms with Gasteiger partial charge in [0.25, 0.3) is 11.7 Å². The van der Waals surface area contributed by atoms with Crippen LogP contribution in [0.4, 0.5) is 0 Å². The monoisotopic (exact) mass is 472 g/mol. The van der Waals surface area contributed by atoms with Gasteiger partial charge in [-0.2, -0.15) is 0 Å². The van der Waals surface area contributed by atoms with Gasteiger partial charge in [0, 0.05) is 24.5 Å². The van der Waals surface area contributed by atoms with Crippen molar-refractivity contribution in [2.75, 3.05) is 13.7 Å². The van der Waals surface area contributed by atoms with E-state index in [-0.39, 0.29) is 17.9 Å². The Hall–Kier alpha value is -4.13. The number of Topliss-reactive ketones (excluding diaryl/α,β-unsaturated/α-hetero) is 1. The maximum Gasteiger partial charge on any atom is 0.295 e. The van der Waals surface area contributed by atoms with Crippen molar-refractivity contribution in [1.82, 2.24) is 9.88 Å². The maximum absolute atomic E-state index is 13.2. The number of amides is 1. The van der Waals surface area contributed by atoms with Crippen LogP contribution in [0.1, 0.15) is 42.5 Å². The lowest BCUT2D eigenvalue weighted by molar-refractivity contribution is -0.140. The molecule has 1 aliphatic rings. The number of aromatic nitrogens is 1. The van der Waals surface area contributed by atoms with Gasteiger partial charge in [-0.1, -0.05) is 37.6 Å². The number of aliphatic hydroxyl groups excluding tert-OH is 1. The highest BCUT2D eigenvalue weighted by Crippen LogP contribution is 2.41. The number of benzene rings is 2. The first-order valence-electron chi connectivity index (χ1n) is 11.6. The Bertz CT molecular complexity index is 1220. The number of rotatable bonds is 9. The normalized spacial score (nSPS) is 17.0. The molecule has 4 rings (SSSR count). The summed E-state index contributed by atoms with van der Waals surface area (Å²) in [5.41, 5.74) is 1.97. The first-order valence-corrected chi connectivity index (χ1v) is 11.6. The summed E-state index contributed by atoms with van der Waals surface area (Å²) >= 11 is 0. The molecule has 1 aliphatic heterocycles. The molecule has 7 heteroatoms. The average molecular weight is 473 g/mol. The van der Waals surface area contributed by atoms with Crippen LogP contribution in [-0.2, 0) is 16.1 Å². The van der Waals surface area contributed by atoms with Crippen molar-refractivity contribution in [3.63, 3.8) is 0 Å². The summed E-state index contributed by atoms with van der Waals surface area (Å²) in [7, 11) is 1.57. The van der Waals surface area contributed by atoms with Crippen molar-refractivity contribution in [3.05, 3.63) is 95.3 Å². The van der Waals surface area contributed by atoms with Crippen LogP contribution in [0, 0.1) is 0 Å². The highest BCUT2D eigenvalue weighted by Gasteiger charge is 2.46. The van der Waals surface area contributed by atoms with Gasteiger partial charge < -0.3 is 19.5 Å². The van der Waals surface area contributed by atoms with Crippen LogP contribution >= 0.6 is 0 Å². The average Bonchev–Trinajstić information content (AvgIpc) is 3.14. The van der Waals surface area contributed by atoms with E-state index >= 15 is 0 Å². The number of ether oxygens (including phenoxy) is 2. The minimum Gasteiger partial charge on any atom is -0.507 e. The van der Waals surface area contributed by atoms with Crippen LogP contribution in [0.2, 0.25) is 0 Å². The van der Waals surface area contributed by atoms with Crippen molar-refractivity contribution in [1.29, 1.82) is 0 Å². The van der Waals surface area contributed by atoms with E-state index in [2.05, 4.69) is 11.9 Å². The number of pyridine rings is 1. The summed E-state index contributed by atoms with van der Waals surface area (Å²) in [6.45, 7) is 2.83. The predicted molar refractivity (Wildman–Crippen MR) is 132 cm³/mol. The van der Waals surface area contributed by atoms with Gasteiger partial charge in [-0.05, 0) is 53.9 Å². The second-order valence-electron chi connectivity index (χ2n) is 8.29. The first kappa shape index (κ1) is 24.0. The largest absolute Gasteiger partial charge is 0.507 e. The second-order valence-corrected chi connectivity index (χ2v) is 8.29. The van der Waals surface area contributed by atoms with Crippen LogP contribution in [0.3, 0.4) is 0 Å². The van der Waals surface area contributed by atoms with Crippen molar-refractivity contribution < 1.29 is 24.2 Å². The number of carbonyl (C=O) groups is 2. The standard InChI is InChI=1S/C28H28N2O5/c1-3-4-16-35-23-7-5-6-21(17-23)26(31)24-25(20-8-10-22(34-2)11-9-20)30(28(33)27(24)32)18-19-12-14-29-15-13-19/h5-15,17,25,31H,3-4,16,18H2,1-2H3. The number of carbonyl (C=O) groups excluding carboxylic acids is 2. The van der Waals surface area contributed by atoms with Gasteiger partial charge >= 0.3 is 0 Å². The minimum absolute atomic E-state index is 0.0416. The van der Waals surface area contributed by atoms with Gasteiger partial charge in [0.1, 0.15) is 17.3 Å². The molecule has 3 aromatic rings. The molecule has 1 saturated heterocycles. The summed E-state index contributed by atoms with van der Waals surface area (Å²) in [5.74, 6) is -0.386. The van der Waals surface area contributed by atoms with E-state index in [0.29, 0.717) is 29.2 Å². The smallest absolute Gasteiger partial charge is 0.295 e. The Labute approximate surface area is 204 Å². The van der Waals surface area contributed by atoms with Gasteiger partial charge in [0.2, 0.25) is 0 Å². The quantitative estimate of drug-likeness (QED) is 0.206. The minimum atomic E-state index is -0.765. The SMILES string of the molecule is CCCCOc1cccc(C(O)=C2C(=O)C(=O)N(Cc3ccncc3)C2c2ccc(OC)cc2)c1. The lowest BCUT2D eigenvalue weighted by Gasteiger charge is -2.25. The fraction of sp³-hybridized carbons (Fsp3) is 0.250. The van der Waals surface area contributed by atoms with Crippen LogP contribution in [0.15, 0.2) is 78.6 Å². The lowest BCUT2D eigenvalue weighted by Crippen LogP contribution is -2.29. The molecule has 180 valence electrons. The molecule has 2 heterocycles. The topological polar surface area (TPSA) is 89.0 Å². The van der Waals surface area contributed by atoms with Gasteiger partial charge in [-0.15, -0.1) is 0 Å². The van der Waals surface area contributed by atoms with E-state index in [4.69, 9.17) is 9.47 Å². The molecular weight excluding hydrogens is 444 g/mol. The molecule has 1 aromatic heterocycles. The molecule has 2 aromatic carbocycles. The summed E-state index contributed by atoms with van der Waals surface area (Å²) in [4.78, 5) is 31.9. The van der Waals surface area contributed by atoms with Crippen molar-refractivity contribution >= 4 is 17.4 Å². The molecular formula is C28H28N2O5. The number of unbranched alkanes of at least 4 members (excludes halogenated alkanes) is 1. The number of nitrogens with zero attached hydrogens (tertiary/aromatic N) is 2. The Balaban J connectivity index is 1.78. The molecule has 0 radical (unpaired) electrons. The van der Waals surface area contributed by atoms with Crippen molar-refractivity contribution in [3.8, 4) is 11.5 Å². The number of likely N-dealkylation sites (tertiary alicyclic amines) is 1. The Morgan fingerprint density at radius 2 is 1.77 bits per heavy atom. The second kappa shape index (κ2) is 10.9. The van der Waals surface area contributed by atoms with E-state index in [1.807, 2.05) is 0 Å². The van der Waals surface area contributed by atoms with Crippen molar-refractivity contribution in [2.24, 2.45) is 0 Å². The van der Waals surface area contributed by atoms with E-state index in [1.165, 1.54) is 4.90 Å². The lowest BCUT2D eigenvalue weighted by atomic mass is 9.95. The molecule has 0 saturated carbocycles. The predicted octanol–water partition coefficient (Wildman–Crippen LogP) is 4.89. The zero-order valence-corrected chi connectivity index (χ0v) is 19.8. The van der Waals surface area contributed by atoms with Crippen molar-refractivity contribution in [2.45, 2.75) is 32.4 Å². The van der Waals surface area contributed by atoms with Crippen LogP contribution in [0.5, 0.6) is 11.5 Å². The third-order valence-corrected chi connectivity index (χ3v) is 5.95. The van der Waals surface area contributed by atoms with Gasteiger partial charge in [0.15, 0.2) is 0 Å². The maximum atomic E-state index is 13.2. The molecule has 1 fully saturated rings. The van der Waals surface area contributed by atoms with Crippen LogP contribution < -0.4 is 9.47 Å². The molecule has 0 spiro atoms. The van der Waals surface area contributed by atoms with Gasteiger partial charge in [0.05, 0.1) is 25.3 Å². The molecule has 7 nitrogen and oxygen atoms in total. The zero-order valence-electron chi connectivity index (χ0n) is 19.8. The number of aliphatic hydroxyl groups is 1. The number of hydrogen-bond donors (Lipinski definition) is 1. The molecule has 1 amide bonds. The summed E-state index contributed by atoms with van der Waals surface area (Å²) in [5, 5.41) is 11.3. The molecule has 1 unspecified atom stereocenters. The highest BCUT2D eigenvalue weighted by atomic mass is 16.5. The third-order valence-electron chi connectivity index (χ3n) is 5.95. The first-order chi connectivity index (χ1) is 17.0. The molecule has 1 N–H and O–H groups in total. The number of hydrogen-bond acceptors (Lipinski definition) is 6. The van der Waals surface area contributed by atoms with Gasteiger partial charge in [-0.25, -0.2) is 0 Å². The molecule has 0 aliphatic carbocycles. The molecule has 0 bridgehead atoms. The molecule has 35 heavy (non-hydrogen) atoms. The third kappa shape index (κ3) is 5.19. The summed E-state index contributed by atoms with van der Waals surface area (Å²) in [6.07, 6.45) is 5.19. The summed E-state index contributed by atoms with van der Waals surface area (Å²) in [6, 6.07) is 16.9. The number of methoxy groups -OCH3 is 1. The fourth-order valence-electron chi connectivity index (χ4n) is 4.08.